The first-order valence-corrected chi connectivity index (χ1v) is 5.53. The second kappa shape index (κ2) is 5.86. The third kappa shape index (κ3) is 2.88. The van der Waals surface area contributed by atoms with Gasteiger partial charge in [0, 0.05) is 37.2 Å². The lowest BCUT2D eigenvalue weighted by molar-refractivity contribution is 0.764. The van der Waals surface area contributed by atoms with E-state index in [1.807, 2.05) is 18.5 Å². The lowest BCUT2D eigenvalue weighted by atomic mass is 10.2. The van der Waals surface area contributed by atoms with Crippen LogP contribution in [0, 0.1) is 0 Å². The SMILES string of the molecule is CCCCN(C)c1ccncc1CCl. The van der Waals surface area contributed by atoms with Crippen LogP contribution in [0.2, 0.25) is 0 Å². The van der Waals surface area contributed by atoms with Gasteiger partial charge in [-0.3, -0.25) is 4.98 Å². The summed E-state index contributed by atoms with van der Waals surface area (Å²) < 4.78 is 0. The van der Waals surface area contributed by atoms with Crippen molar-refractivity contribution >= 4 is 17.3 Å². The van der Waals surface area contributed by atoms with Gasteiger partial charge in [-0.05, 0) is 12.5 Å². The van der Waals surface area contributed by atoms with E-state index in [2.05, 4.69) is 23.9 Å². The zero-order valence-electron chi connectivity index (χ0n) is 8.83. The zero-order chi connectivity index (χ0) is 10.4. The van der Waals surface area contributed by atoms with Crippen molar-refractivity contribution in [2.45, 2.75) is 25.6 Å². The molecule has 2 nitrogen and oxygen atoms in total. The maximum absolute atomic E-state index is 5.84. The number of alkyl halides is 1. The van der Waals surface area contributed by atoms with Gasteiger partial charge in [0.25, 0.3) is 0 Å². The fraction of sp³-hybridized carbons (Fsp3) is 0.545. The quantitative estimate of drug-likeness (QED) is 0.698. The average molecular weight is 213 g/mol. The monoisotopic (exact) mass is 212 g/mol. The van der Waals surface area contributed by atoms with Crippen LogP contribution in [0.1, 0.15) is 25.3 Å². The van der Waals surface area contributed by atoms with Crippen molar-refractivity contribution in [3.8, 4) is 0 Å². The predicted octanol–water partition coefficient (Wildman–Crippen LogP) is 3.06. The molecule has 1 aromatic rings. The highest BCUT2D eigenvalue weighted by Crippen LogP contribution is 2.19. The molecule has 0 N–H and O–H groups in total. The number of anilines is 1. The van der Waals surface area contributed by atoms with Gasteiger partial charge < -0.3 is 4.90 Å². The number of rotatable bonds is 5. The van der Waals surface area contributed by atoms with E-state index in [4.69, 9.17) is 11.6 Å². The topological polar surface area (TPSA) is 16.1 Å². The summed E-state index contributed by atoms with van der Waals surface area (Å²) in [4.78, 5) is 6.31. The number of hydrogen-bond acceptors (Lipinski definition) is 2. The van der Waals surface area contributed by atoms with E-state index in [0.717, 1.165) is 12.1 Å². The molecule has 1 rings (SSSR count). The minimum absolute atomic E-state index is 0.527. The van der Waals surface area contributed by atoms with Crippen LogP contribution in [0.15, 0.2) is 18.5 Å². The molecule has 0 bridgehead atoms. The molecule has 1 aromatic heterocycles. The summed E-state index contributed by atoms with van der Waals surface area (Å²) >= 11 is 5.84. The van der Waals surface area contributed by atoms with Crippen LogP contribution in [0.5, 0.6) is 0 Å². The average Bonchev–Trinajstić information content (AvgIpc) is 2.25. The number of pyridine rings is 1. The molecular formula is C11H17ClN2. The first-order valence-electron chi connectivity index (χ1n) is 4.99. The molecular weight excluding hydrogens is 196 g/mol. The van der Waals surface area contributed by atoms with Crippen molar-refractivity contribution < 1.29 is 0 Å². The second-order valence-electron chi connectivity index (χ2n) is 3.41. The molecule has 3 heteroatoms. The van der Waals surface area contributed by atoms with Gasteiger partial charge in [0.2, 0.25) is 0 Å². The lowest BCUT2D eigenvalue weighted by Gasteiger charge is -2.21. The van der Waals surface area contributed by atoms with Crippen LogP contribution < -0.4 is 4.90 Å². The Labute approximate surface area is 90.9 Å². The minimum atomic E-state index is 0.527. The zero-order valence-corrected chi connectivity index (χ0v) is 9.59. The molecule has 0 aliphatic rings. The molecule has 0 spiro atoms. The molecule has 0 amide bonds. The summed E-state index contributed by atoms with van der Waals surface area (Å²) in [6, 6.07) is 2.02. The Balaban J connectivity index is 2.72. The molecule has 0 unspecified atom stereocenters. The number of unbranched alkanes of at least 4 members (excludes halogenated alkanes) is 1. The molecule has 0 saturated carbocycles. The third-order valence-electron chi connectivity index (χ3n) is 2.28. The summed E-state index contributed by atoms with van der Waals surface area (Å²) in [5, 5.41) is 0. The molecule has 0 radical (unpaired) electrons. The van der Waals surface area contributed by atoms with E-state index in [-0.39, 0.29) is 0 Å². The molecule has 0 aliphatic heterocycles. The van der Waals surface area contributed by atoms with Crippen molar-refractivity contribution in [2.24, 2.45) is 0 Å². The summed E-state index contributed by atoms with van der Waals surface area (Å²) in [5.74, 6) is 0.527. The van der Waals surface area contributed by atoms with Crippen LogP contribution in [0.4, 0.5) is 5.69 Å². The normalized spacial score (nSPS) is 10.2. The Kier molecular flexibility index (Phi) is 4.74. The van der Waals surface area contributed by atoms with Crippen LogP contribution in [0.25, 0.3) is 0 Å². The first kappa shape index (κ1) is 11.3. The summed E-state index contributed by atoms with van der Waals surface area (Å²) in [6.45, 7) is 3.27. The first-order chi connectivity index (χ1) is 6.79. The van der Waals surface area contributed by atoms with Crippen LogP contribution in [0.3, 0.4) is 0 Å². The Morgan fingerprint density at radius 3 is 2.93 bits per heavy atom. The third-order valence-corrected chi connectivity index (χ3v) is 2.57. The molecule has 0 aliphatic carbocycles. The number of nitrogens with zero attached hydrogens (tertiary/aromatic N) is 2. The van der Waals surface area contributed by atoms with Gasteiger partial charge in [-0.1, -0.05) is 13.3 Å². The van der Waals surface area contributed by atoms with Gasteiger partial charge in [-0.15, -0.1) is 11.6 Å². The Bertz CT molecular complexity index is 276. The number of aromatic nitrogens is 1. The largest absolute Gasteiger partial charge is 0.374 e. The molecule has 0 saturated heterocycles. The van der Waals surface area contributed by atoms with E-state index in [1.165, 1.54) is 18.5 Å². The van der Waals surface area contributed by atoms with E-state index < -0.39 is 0 Å². The molecule has 0 aromatic carbocycles. The number of halogens is 1. The molecule has 78 valence electrons. The van der Waals surface area contributed by atoms with Gasteiger partial charge in [0.15, 0.2) is 0 Å². The van der Waals surface area contributed by atoms with Gasteiger partial charge in [0.05, 0.1) is 5.88 Å². The maximum atomic E-state index is 5.84. The van der Waals surface area contributed by atoms with Gasteiger partial charge in [-0.25, -0.2) is 0 Å². The van der Waals surface area contributed by atoms with Gasteiger partial charge >= 0.3 is 0 Å². The van der Waals surface area contributed by atoms with Gasteiger partial charge in [-0.2, -0.15) is 0 Å². The minimum Gasteiger partial charge on any atom is -0.374 e. The fourth-order valence-corrected chi connectivity index (χ4v) is 1.62. The maximum Gasteiger partial charge on any atom is 0.0509 e. The Morgan fingerprint density at radius 1 is 1.50 bits per heavy atom. The van der Waals surface area contributed by atoms with Gasteiger partial charge in [0.1, 0.15) is 0 Å². The van der Waals surface area contributed by atoms with Crippen molar-refractivity contribution in [3.05, 3.63) is 24.0 Å². The van der Waals surface area contributed by atoms with E-state index in [1.54, 1.807) is 0 Å². The Hall–Kier alpha value is -0.760. The predicted molar refractivity (Wildman–Crippen MR) is 62.0 cm³/mol. The highest BCUT2D eigenvalue weighted by molar-refractivity contribution is 6.17. The molecule has 1 heterocycles. The van der Waals surface area contributed by atoms with Crippen molar-refractivity contribution in [1.82, 2.24) is 4.98 Å². The summed E-state index contributed by atoms with van der Waals surface area (Å²) in [5.41, 5.74) is 2.30. The van der Waals surface area contributed by atoms with Crippen molar-refractivity contribution in [3.63, 3.8) is 0 Å². The van der Waals surface area contributed by atoms with E-state index >= 15 is 0 Å². The molecule has 0 fully saturated rings. The smallest absolute Gasteiger partial charge is 0.0509 e. The van der Waals surface area contributed by atoms with E-state index in [0.29, 0.717) is 5.88 Å². The van der Waals surface area contributed by atoms with E-state index in [9.17, 15) is 0 Å². The van der Waals surface area contributed by atoms with Crippen LogP contribution in [-0.4, -0.2) is 18.6 Å². The van der Waals surface area contributed by atoms with Crippen LogP contribution >= 0.6 is 11.6 Å². The van der Waals surface area contributed by atoms with Crippen molar-refractivity contribution in [2.75, 3.05) is 18.5 Å². The highest BCUT2D eigenvalue weighted by atomic mass is 35.5. The highest BCUT2D eigenvalue weighted by Gasteiger charge is 2.05. The summed E-state index contributed by atoms with van der Waals surface area (Å²) in [7, 11) is 2.10. The molecule has 0 atom stereocenters. The lowest BCUT2D eigenvalue weighted by Crippen LogP contribution is -2.19. The van der Waals surface area contributed by atoms with Crippen molar-refractivity contribution in [1.29, 1.82) is 0 Å². The fourth-order valence-electron chi connectivity index (χ4n) is 1.41. The molecule has 14 heavy (non-hydrogen) atoms. The second-order valence-corrected chi connectivity index (χ2v) is 3.68. The van der Waals surface area contributed by atoms with Crippen LogP contribution in [-0.2, 0) is 5.88 Å². The Morgan fingerprint density at radius 2 is 2.29 bits per heavy atom. The number of hydrogen-bond donors (Lipinski definition) is 0. The summed E-state index contributed by atoms with van der Waals surface area (Å²) in [6.07, 6.45) is 6.07. The standard InChI is InChI=1S/C11H17ClN2/c1-3-4-7-14(2)11-5-6-13-9-10(11)8-12/h5-6,9H,3-4,7-8H2,1-2H3.